The zero-order valence-corrected chi connectivity index (χ0v) is 16.4. The van der Waals surface area contributed by atoms with Gasteiger partial charge in [0.05, 0.1) is 14.7 Å². The lowest BCUT2D eigenvalue weighted by Gasteiger charge is -2.01. The van der Waals surface area contributed by atoms with Crippen LogP contribution in [-0.4, -0.2) is 12.0 Å². The van der Waals surface area contributed by atoms with Gasteiger partial charge in [0, 0.05) is 21.6 Å². The maximum atomic E-state index is 11.0. The van der Waals surface area contributed by atoms with Gasteiger partial charge in [0.15, 0.2) is 5.78 Å². The number of hydrazone groups is 1. The average Bonchev–Trinajstić information content (AvgIpc) is 2.93. The average molecular weight is 371 g/mol. The molecular weight excluding hydrogens is 352 g/mol. The molecule has 7 heteroatoms. The summed E-state index contributed by atoms with van der Waals surface area (Å²) in [7, 11) is 0. The number of carbonyl (C=O) groups excluding carboxylic acids is 1. The SMILES string of the molecule is CC(=O)/C=C(/C)N/N=C/C1=C(C)SC(=C2SC(C)=C(C)S2)S1. The molecule has 0 aromatic rings. The van der Waals surface area contributed by atoms with Crippen molar-refractivity contribution in [3.05, 3.63) is 39.9 Å². The lowest BCUT2D eigenvalue weighted by Crippen LogP contribution is -2.04. The number of rotatable bonds is 4. The minimum Gasteiger partial charge on any atom is -0.295 e. The van der Waals surface area contributed by atoms with Crippen LogP contribution in [0.15, 0.2) is 45.0 Å². The monoisotopic (exact) mass is 370 g/mol. The highest BCUT2D eigenvalue weighted by Crippen LogP contribution is 2.59. The summed E-state index contributed by atoms with van der Waals surface area (Å²) in [5.74, 6) is 0.0157. The van der Waals surface area contributed by atoms with E-state index >= 15 is 0 Å². The Morgan fingerprint density at radius 1 is 0.955 bits per heavy atom. The lowest BCUT2D eigenvalue weighted by molar-refractivity contribution is -0.112. The molecule has 0 amide bonds. The maximum absolute atomic E-state index is 11.0. The van der Waals surface area contributed by atoms with Crippen molar-refractivity contribution in [1.82, 2.24) is 5.43 Å². The Bertz CT molecular complexity index is 640. The van der Waals surface area contributed by atoms with E-state index in [0.717, 1.165) is 10.6 Å². The number of ketones is 1. The molecule has 22 heavy (non-hydrogen) atoms. The molecule has 0 unspecified atom stereocenters. The number of thioether (sulfide) groups is 4. The van der Waals surface area contributed by atoms with Crippen LogP contribution >= 0.6 is 47.0 Å². The molecule has 2 aliphatic heterocycles. The van der Waals surface area contributed by atoms with Gasteiger partial charge >= 0.3 is 0 Å². The largest absolute Gasteiger partial charge is 0.295 e. The minimum atomic E-state index is 0.0157. The molecule has 0 aromatic carbocycles. The number of nitrogens with zero attached hydrogens (tertiary/aromatic N) is 1. The summed E-state index contributed by atoms with van der Waals surface area (Å²) >= 11 is 7.29. The number of carbonyl (C=O) groups is 1. The first-order valence-electron chi connectivity index (χ1n) is 6.68. The molecule has 2 aliphatic rings. The van der Waals surface area contributed by atoms with Gasteiger partial charge in [-0.15, -0.1) is 0 Å². The smallest absolute Gasteiger partial charge is 0.154 e. The van der Waals surface area contributed by atoms with Crippen LogP contribution in [0.5, 0.6) is 0 Å². The molecule has 0 atom stereocenters. The van der Waals surface area contributed by atoms with Gasteiger partial charge in [-0.2, -0.15) is 5.10 Å². The zero-order chi connectivity index (χ0) is 16.3. The molecular formula is C15H18N2OS4. The maximum Gasteiger partial charge on any atom is 0.154 e. The van der Waals surface area contributed by atoms with Gasteiger partial charge in [-0.05, 0) is 44.4 Å². The van der Waals surface area contributed by atoms with Crippen molar-refractivity contribution in [2.24, 2.45) is 5.10 Å². The highest BCUT2D eigenvalue weighted by Gasteiger charge is 2.25. The predicted molar refractivity (Wildman–Crippen MR) is 105 cm³/mol. The fraction of sp³-hybridized carbons (Fsp3) is 0.333. The fourth-order valence-corrected chi connectivity index (χ4v) is 6.92. The summed E-state index contributed by atoms with van der Waals surface area (Å²) < 4.78 is 2.70. The summed E-state index contributed by atoms with van der Waals surface area (Å²) in [6.07, 6.45) is 3.36. The molecule has 0 bridgehead atoms. The third-order valence-electron chi connectivity index (χ3n) is 2.79. The molecule has 0 aliphatic carbocycles. The van der Waals surface area contributed by atoms with Crippen molar-refractivity contribution in [1.29, 1.82) is 0 Å². The molecule has 2 heterocycles. The highest BCUT2D eigenvalue weighted by molar-refractivity contribution is 8.34. The van der Waals surface area contributed by atoms with Crippen molar-refractivity contribution in [3.8, 4) is 0 Å². The van der Waals surface area contributed by atoms with E-state index in [0.29, 0.717) is 0 Å². The molecule has 0 spiro atoms. The van der Waals surface area contributed by atoms with Crippen LogP contribution in [0.1, 0.15) is 34.6 Å². The van der Waals surface area contributed by atoms with Crippen molar-refractivity contribution >= 4 is 59.0 Å². The van der Waals surface area contributed by atoms with Gasteiger partial charge in [-0.3, -0.25) is 10.2 Å². The van der Waals surface area contributed by atoms with Crippen LogP contribution < -0.4 is 5.43 Å². The summed E-state index contributed by atoms with van der Waals surface area (Å²) in [6, 6.07) is 0. The van der Waals surface area contributed by atoms with E-state index in [-0.39, 0.29) is 5.78 Å². The topological polar surface area (TPSA) is 41.5 Å². The van der Waals surface area contributed by atoms with E-state index in [1.807, 2.05) is 48.4 Å². The molecule has 3 nitrogen and oxygen atoms in total. The van der Waals surface area contributed by atoms with Gasteiger partial charge in [-0.1, -0.05) is 47.0 Å². The first-order valence-corrected chi connectivity index (χ1v) is 9.95. The van der Waals surface area contributed by atoms with Crippen LogP contribution in [0, 0.1) is 0 Å². The van der Waals surface area contributed by atoms with E-state index in [2.05, 4.69) is 31.3 Å². The van der Waals surface area contributed by atoms with E-state index in [4.69, 9.17) is 0 Å². The molecule has 2 rings (SSSR count). The molecule has 0 aromatic heterocycles. The zero-order valence-electron chi connectivity index (χ0n) is 13.1. The van der Waals surface area contributed by atoms with Crippen molar-refractivity contribution in [3.63, 3.8) is 0 Å². The Kier molecular flexibility index (Phi) is 6.37. The van der Waals surface area contributed by atoms with Crippen LogP contribution in [0.25, 0.3) is 0 Å². The molecule has 0 radical (unpaired) electrons. The Morgan fingerprint density at radius 2 is 1.50 bits per heavy atom. The lowest BCUT2D eigenvalue weighted by atomic mass is 10.3. The van der Waals surface area contributed by atoms with Gasteiger partial charge in [-0.25, -0.2) is 0 Å². The Balaban J connectivity index is 1.99. The van der Waals surface area contributed by atoms with Crippen LogP contribution in [0.3, 0.4) is 0 Å². The van der Waals surface area contributed by atoms with Gasteiger partial charge in [0.25, 0.3) is 0 Å². The van der Waals surface area contributed by atoms with Crippen LogP contribution in [0.2, 0.25) is 0 Å². The van der Waals surface area contributed by atoms with Crippen LogP contribution in [-0.2, 0) is 4.79 Å². The summed E-state index contributed by atoms with van der Waals surface area (Å²) in [5.41, 5.74) is 3.62. The Hall–Kier alpha value is -0.500. The molecule has 0 fully saturated rings. The van der Waals surface area contributed by atoms with Gasteiger partial charge in [0.1, 0.15) is 0 Å². The second-order valence-corrected chi connectivity index (χ2v) is 10.1. The van der Waals surface area contributed by atoms with Crippen molar-refractivity contribution in [2.75, 3.05) is 0 Å². The predicted octanol–water partition coefficient (Wildman–Crippen LogP) is 5.62. The Labute approximate surface area is 148 Å². The summed E-state index contributed by atoms with van der Waals surface area (Å²) in [4.78, 5) is 16.2. The van der Waals surface area contributed by atoms with Crippen molar-refractivity contribution < 1.29 is 4.79 Å². The number of nitrogens with one attached hydrogen (secondary N) is 1. The normalized spacial score (nSPS) is 20.0. The third-order valence-corrected chi connectivity index (χ3v) is 8.51. The van der Waals surface area contributed by atoms with Crippen LogP contribution in [0.4, 0.5) is 0 Å². The second-order valence-electron chi connectivity index (χ2n) is 4.82. The van der Waals surface area contributed by atoms with Crippen molar-refractivity contribution in [2.45, 2.75) is 34.6 Å². The number of allylic oxidation sites excluding steroid dienone is 6. The fourth-order valence-electron chi connectivity index (χ4n) is 1.64. The van der Waals surface area contributed by atoms with Gasteiger partial charge < -0.3 is 0 Å². The number of hydrogen-bond acceptors (Lipinski definition) is 7. The second kappa shape index (κ2) is 7.86. The first kappa shape index (κ1) is 17.8. The first-order chi connectivity index (χ1) is 10.4. The third kappa shape index (κ3) is 4.75. The highest BCUT2D eigenvalue weighted by atomic mass is 32.2. The molecule has 0 saturated heterocycles. The van der Waals surface area contributed by atoms with E-state index < -0.39 is 0 Å². The molecule has 1 N–H and O–H groups in total. The van der Waals surface area contributed by atoms with Gasteiger partial charge in [0.2, 0.25) is 0 Å². The summed E-state index contributed by atoms with van der Waals surface area (Å²) in [5, 5.41) is 4.21. The minimum absolute atomic E-state index is 0.0157. The molecule has 0 saturated carbocycles. The van der Waals surface area contributed by atoms with E-state index in [1.54, 1.807) is 11.8 Å². The number of hydrogen-bond donors (Lipinski definition) is 1. The Morgan fingerprint density at radius 3 is 2.09 bits per heavy atom. The molecule has 118 valence electrons. The van der Waals surface area contributed by atoms with E-state index in [1.165, 1.54) is 36.2 Å². The summed E-state index contributed by atoms with van der Waals surface area (Å²) in [6.45, 7) is 9.80. The van der Waals surface area contributed by atoms with E-state index in [9.17, 15) is 4.79 Å². The standard InChI is InChI=1S/C15H18N2OS4/c1-8(6-9(2)18)17-16-7-13-12(5)21-15(22-13)14-19-10(3)11(4)20-14/h6-7,17H,1-5H3/b8-6-,16-7+. The quantitative estimate of drug-likeness (QED) is 0.393.